The fraction of sp³-hybridized carbons (Fsp3) is 0.979. The third-order valence-corrected chi connectivity index (χ3v) is 19.0. The van der Waals surface area contributed by atoms with Crippen molar-refractivity contribution in [1.29, 1.82) is 0 Å². The van der Waals surface area contributed by atoms with Crippen LogP contribution in [-0.2, 0) is 14.3 Å². The largest absolute Gasteiger partial charge is 0.459 e. The van der Waals surface area contributed by atoms with Gasteiger partial charge in [-0.3, -0.25) is 4.79 Å². The molecule has 3 N–H and O–H groups in total. The molecule has 0 amide bonds. The Hall–Kier alpha value is -0.400. The topological polar surface area (TPSA) is 96.2 Å². The maximum Gasteiger partial charge on any atom is 0.306 e. The molecule has 0 radical (unpaired) electrons. The number of carbonyl (C=O) groups is 1. The number of hydrogen-bond acceptors (Lipinski definition) is 6. The SMILES string of the molecule is CC1(O)C2CC3CC(C2)CC1C3.CC12CC3CC(O)(C1)CC(O)(C3)C2.CCC(=O)OC1(C)C2CC3CC(C2)CC1C3.ClCOC1C2CC3CC(C2)CC1C3. The van der Waals surface area contributed by atoms with E-state index in [1.54, 1.807) is 0 Å². The molecule has 0 spiro atoms. The highest BCUT2D eigenvalue weighted by Gasteiger charge is 2.61. The molecule has 0 saturated heterocycles. The van der Waals surface area contributed by atoms with E-state index in [9.17, 15) is 20.1 Å². The number of hydrogen-bond donors (Lipinski definition) is 3. The third kappa shape index (κ3) is 7.29. The van der Waals surface area contributed by atoms with E-state index in [2.05, 4.69) is 20.8 Å². The van der Waals surface area contributed by atoms with Crippen molar-refractivity contribution < 1.29 is 29.6 Å². The van der Waals surface area contributed by atoms with Gasteiger partial charge in [0.25, 0.3) is 0 Å². The predicted molar refractivity (Wildman–Crippen MR) is 211 cm³/mol. The van der Waals surface area contributed by atoms with Crippen LogP contribution in [0.25, 0.3) is 0 Å². The van der Waals surface area contributed by atoms with Crippen molar-refractivity contribution in [3.05, 3.63) is 0 Å². The molecule has 16 aliphatic rings. The molecule has 306 valence electrons. The van der Waals surface area contributed by atoms with Gasteiger partial charge in [0.05, 0.1) is 22.9 Å². The first-order chi connectivity index (χ1) is 25.5. The number of halogens is 1. The number of esters is 1. The van der Waals surface area contributed by atoms with E-state index >= 15 is 0 Å². The normalized spacial score (nSPS) is 56.7. The second kappa shape index (κ2) is 14.1. The Morgan fingerprint density at radius 1 is 0.574 bits per heavy atom. The van der Waals surface area contributed by atoms with Crippen molar-refractivity contribution in [1.82, 2.24) is 0 Å². The van der Waals surface area contributed by atoms with Crippen LogP contribution in [0.15, 0.2) is 0 Å². The second-order valence-corrected chi connectivity index (χ2v) is 23.5. The van der Waals surface area contributed by atoms with Crippen LogP contribution in [0.5, 0.6) is 0 Å². The van der Waals surface area contributed by atoms with E-state index in [0.717, 1.165) is 73.0 Å². The summed E-state index contributed by atoms with van der Waals surface area (Å²) in [4.78, 5) is 11.6. The van der Waals surface area contributed by atoms with E-state index in [0.29, 0.717) is 54.6 Å². The van der Waals surface area contributed by atoms with Gasteiger partial charge in [-0.1, -0.05) is 25.4 Å². The van der Waals surface area contributed by atoms with Crippen molar-refractivity contribution in [3.63, 3.8) is 0 Å². The first kappa shape index (κ1) is 39.1. The second-order valence-electron chi connectivity index (χ2n) is 23.3. The lowest BCUT2D eigenvalue weighted by Gasteiger charge is -2.62. The minimum Gasteiger partial charge on any atom is -0.459 e. The molecule has 54 heavy (non-hydrogen) atoms. The predicted octanol–water partition coefficient (Wildman–Crippen LogP) is 9.82. The quantitative estimate of drug-likeness (QED) is 0.195. The van der Waals surface area contributed by atoms with Crippen LogP contribution in [0.2, 0.25) is 0 Å². The Kier molecular flexibility index (Phi) is 10.2. The summed E-state index contributed by atoms with van der Waals surface area (Å²) in [5.41, 5.74) is -1.25. The summed E-state index contributed by atoms with van der Waals surface area (Å²) < 4.78 is 11.5. The van der Waals surface area contributed by atoms with Gasteiger partial charge in [-0.05, 0) is 225 Å². The van der Waals surface area contributed by atoms with Crippen LogP contribution < -0.4 is 0 Å². The maximum absolute atomic E-state index is 11.6. The Morgan fingerprint density at radius 3 is 1.35 bits per heavy atom. The summed E-state index contributed by atoms with van der Waals surface area (Å²) in [6.45, 7) is 8.41. The van der Waals surface area contributed by atoms with Gasteiger partial charge in [0, 0.05) is 12.8 Å². The number of ether oxygens (including phenoxy) is 2. The molecule has 7 heteroatoms. The Bertz CT molecular complexity index is 1250. The van der Waals surface area contributed by atoms with Crippen LogP contribution in [0.3, 0.4) is 0 Å². The van der Waals surface area contributed by atoms with E-state index in [1.165, 1.54) is 103 Å². The van der Waals surface area contributed by atoms with Crippen LogP contribution in [0, 0.1) is 82.3 Å². The number of aliphatic hydroxyl groups is 3. The van der Waals surface area contributed by atoms with Crippen molar-refractivity contribution >= 4 is 17.6 Å². The van der Waals surface area contributed by atoms with E-state index in [-0.39, 0.29) is 22.6 Å². The summed E-state index contributed by atoms with van der Waals surface area (Å²) in [7, 11) is 0. The van der Waals surface area contributed by atoms with Gasteiger partial charge in [-0.15, -0.1) is 0 Å². The molecular weight excluding hydrogens is 696 g/mol. The monoisotopic (exact) mass is 771 g/mol. The molecule has 6 nitrogen and oxygen atoms in total. The summed E-state index contributed by atoms with van der Waals surface area (Å²) in [6.07, 6.45) is 27.2. The zero-order valence-corrected chi connectivity index (χ0v) is 35.0. The van der Waals surface area contributed by atoms with Gasteiger partial charge in [0.15, 0.2) is 0 Å². The first-order valence-electron chi connectivity index (χ1n) is 23.1. The molecule has 0 aromatic heterocycles. The lowest BCUT2D eigenvalue weighted by molar-refractivity contribution is -0.225. The van der Waals surface area contributed by atoms with Crippen LogP contribution in [-0.4, -0.2) is 55.9 Å². The fourth-order valence-corrected chi connectivity index (χ4v) is 17.9. The average molecular weight is 772 g/mol. The zero-order chi connectivity index (χ0) is 37.8. The minimum atomic E-state index is -0.525. The summed E-state index contributed by atoms with van der Waals surface area (Å²) in [5, 5.41) is 30.8. The van der Waals surface area contributed by atoms with Gasteiger partial charge < -0.3 is 24.8 Å². The highest BCUT2D eigenvalue weighted by Crippen LogP contribution is 2.63. The summed E-state index contributed by atoms with van der Waals surface area (Å²) >= 11 is 5.67. The van der Waals surface area contributed by atoms with E-state index < -0.39 is 11.2 Å². The van der Waals surface area contributed by atoms with Crippen LogP contribution in [0.4, 0.5) is 0 Å². The van der Waals surface area contributed by atoms with Gasteiger partial charge >= 0.3 is 5.97 Å². The third-order valence-electron chi connectivity index (χ3n) is 18.9. The van der Waals surface area contributed by atoms with E-state index in [1.807, 2.05) is 6.92 Å². The van der Waals surface area contributed by atoms with E-state index in [4.69, 9.17) is 21.1 Å². The molecule has 0 aliphatic heterocycles. The molecule has 0 aromatic rings. The Morgan fingerprint density at radius 2 is 0.981 bits per heavy atom. The highest BCUT2D eigenvalue weighted by atomic mass is 35.5. The molecule has 0 aromatic carbocycles. The minimum absolute atomic E-state index is 0.00465. The average Bonchev–Trinajstić information content (AvgIpc) is 3.06. The lowest BCUT2D eigenvalue weighted by atomic mass is 9.47. The molecule has 16 bridgehead atoms. The molecule has 16 fully saturated rings. The van der Waals surface area contributed by atoms with Gasteiger partial charge in [-0.25, -0.2) is 0 Å². The smallest absolute Gasteiger partial charge is 0.306 e. The van der Waals surface area contributed by atoms with Crippen molar-refractivity contribution in [2.24, 2.45) is 82.3 Å². The molecule has 16 rings (SSSR count). The van der Waals surface area contributed by atoms with Crippen LogP contribution in [0.1, 0.15) is 169 Å². The lowest BCUT2D eigenvalue weighted by Crippen LogP contribution is -2.62. The van der Waals surface area contributed by atoms with Crippen molar-refractivity contribution in [3.8, 4) is 0 Å². The number of carbonyl (C=O) groups excluding carboxylic acids is 1. The molecule has 0 heterocycles. The molecule has 2 atom stereocenters. The summed E-state index contributed by atoms with van der Waals surface area (Å²) in [6, 6.07) is 0.396. The number of rotatable bonds is 4. The highest BCUT2D eigenvalue weighted by molar-refractivity contribution is 6.17. The Labute approximate surface area is 332 Å². The maximum atomic E-state index is 11.6. The van der Waals surface area contributed by atoms with Gasteiger partial charge in [-0.2, -0.15) is 0 Å². The molecule has 16 aliphatic carbocycles. The first-order valence-corrected chi connectivity index (χ1v) is 23.6. The van der Waals surface area contributed by atoms with Crippen molar-refractivity contribution in [2.45, 2.75) is 197 Å². The molecular formula is C47H75ClO6. The summed E-state index contributed by atoms with van der Waals surface area (Å²) in [5.74, 6) is 10.8. The van der Waals surface area contributed by atoms with Crippen LogP contribution >= 0.6 is 11.6 Å². The number of alkyl halides is 1. The zero-order valence-electron chi connectivity index (χ0n) is 34.3. The van der Waals surface area contributed by atoms with Gasteiger partial charge in [0.1, 0.15) is 11.7 Å². The Balaban J connectivity index is 0.0000000954. The standard InChI is InChI=1S/C14H22O2.C11H17ClO.C11H18O2.C11H18O/c1-3-13(15)16-14(2)11-5-9-4-10(7-11)8-12(14)6-9;12-6-13-11-9-2-7-1-8(4-9)5-10(11)3-7;1-9-2-8-3-10(12,5-9)7-11(13,4-8)6-9;1-11(12)9-3-7-2-8(5-9)6-10(11)4-7/h9-12H,3-8H2,1-2H3;7-11H,1-6H2;8,12-13H,2-7H2,1H3;7-10,12H,2-6H2,1H3. The fourth-order valence-electron chi connectivity index (χ4n) is 17.8. The van der Waals surface area contributed by atoms with Crippen molar-refractivity contribution in [2.75, 3.05) is 6.07 Å². The molecule has 2 unspecified atom stereocenters. The molecule has 16 saturated carbocycles. The van der Waals surface area contributed by atoms with Gasteiger partial charge in [0.2, 0.25) is 0 Å².